The van der Waals surface area contributed by atoms with Crippen LogP contribution in [0.4, 0.5) is 0 Å². The van der Waals surface area contributed by atoms with E-state index < -0.39 is 0 Å². The molecule has 0 saturated carbocycles. The van der Waals surface area contributed by atoms with Crippen molar-refractivity contribution in [1.29, 1.82) is 0 Å². The largest absolute Gasteiger partial charge is 0.253 e. The van der Waals surface area contributed by atoms with Gasteiger partial charge in [0.1, 0.15) is 0 Å². The molecule has 0 aliphatic carbocycles. The van der Waals surface area contributed by atoms with Crippen LogP contribution in [-0.4, -0.2) is 4.98 Å². The van der Waals surface area contributed by atoms with Crippen molar-refractivity contribution in [2.24, 2.45) is 0 Å². The fourth-order valence-corrected chi connectivity index (χ4v) is 1.92. The molecule has 0 saturated heterocycles. The van der Waals surface area contributed by atoms with Crippen LogP contribution in [0.2, 0.25) is 0 Å². The summed E-state index contributed by atoms with van der Waals surface area (Å²) in [7, 11) is 0. The number of benzene rings is 1. The summed E-state index contributed by atoms with van der Waals surface area (Å²) in [6, 6.07) is 8.64. The Kier molecular flexibility index (Phi) is 2.47. The van der Waals surface area contributed by atoms with Crippen molar-refractivity contribution < 1.29 is 0 Å². The highest BCUT2D eigenvalue weighted by Gasteiger charge is 2.06. The second kappa shape index (κ2) is 3.65. The second-order valence-electron chi connectivity index (χ2n) is 4.46. The van der Waals surface area contributed by atoms with Crippen LogP contribution in [0.1, 0.15) is 36.6 Å². The van der Waals surface area contributed by atoms with E-state index in [-0.39, 0.29) is 0 Å². The van der Waals surface area contributed by atoms with Crippen LogP contribution in [0.5, 0.6) is 0 Å². The number of rotatable bonds is 1. The molecule has 0 amide bonds. The van der Waals surface area contributed by atoms with E-state index in [4.69, 9.17) is 0 Å². The van der Waals surface area contributed by atoms with Gasteiger partial charge in [0.2, 0.25) is 0 Å². The second-order valence-corrected chi connectivity index (χ2v) is 4.46. The van der Waals surface area contributed by atoms with Gasteiger partial charge in [0.25, 0.3) is 0 Å². The van der Waals surface area contributed by atoms with Crippen molar-refractivity contribution in [3.8, 4) is 0 Å². The molecule has 0 spiro atoms. The van der Waals surface area contributed by atoms with E-state index >= 15 is 0 Å². The maximum Gasteiger partial charge on any atom is 0.0708 e. The lowest BCUT2D eigenvalue weighted by atomic mass is 9.97. The molecule has 0 aliphatic rings. The van der Waals surface area contributed by atoms with Gasteiger partial charge in [-0.15, -0.1) is 0 Å². The van der Waals surface area contributed by atoms with Crippen LogP contribution in [-0.2, 0) is 0 Å². The van der Waals surface area contributed by atoms with Crippen molar-refractivity contribution in [1.82, 2.24) is 4.98 Å². The number of hydrogen-bond donors (Lipinski definition) is 0. The Bertz CT molecular complexity index is 498. The van der Waals surface area contributed by atoms with Crippen molar-refractivity contribution in [2.75, 3.05) is 0 Å². The molecule has 15 heavy (non-hydrogen) atoms. The highest BCUT2D eigenvalue weighted by Crippen LogP contribution is 2.25. The van der Waals surface area contributed by atoms with Crippen molar-refractivity contribution in [2.45, 2.75) is 33.6 Å². The van der Waals surface area contributed by atoms with Gasteiger partial charge >= 0.3 is 0 Å². The molecular weight excluding hydrogens is 182 g/mol. The van der Waals surface area contributed by atoms with Gasteiger partial charge in [-0.3, -0.25) is 4.98 Å². The molecule has 0 atom stereocenters. The van der Waals surface area contributed by atoms with Gasteiger partial charge < -0.3 is 0 Å². The standard InChI is InChI=1S/C14H17N/c1-9(2)12-6-5-7-14-13(12)8-10(3)11(4)15-14/h5-9H,1-4H3. The summed E-state index contributed by atoms with van der Waals surface area (Å²) >= 11 is 0. The van der Waals surface area contributed by atoms with Gasteiger partial charge in [0, 0.05) is 11.1 Å². The lowest BCUT2D eigenvalue weighted by Crippen LogP contribution is -1.94. The van der Waals surface area contributed by atoms with Crippen molar-refractivity contribution in [3.63, 3.8) is 0 Å². The van der Waals surface area contributed by atoms with Gasteiger partial charge in [0.15, 0.2) is 0 Å². The van der Waals surface area contributed by atoms with Crippen LogP contribution < -0.4 is 0 Å². The first kappa shape index (κ1) is 10.2. The molecule has 1 aromatic heterocycles. The Morgan fingerprint density at radius 2 is 1.87 bits per heavy atom. The Morgan fingerprint density at radius 3 is 2.53 bits per heavy atom. The molecule has 0 radical (unpaired) electrons. The molecule has 0 aliphatic heterocycles. The average Bonchev–Trinajstić information content (AvgIpc) is 2.18. The maximum absolute atomic E-state index is 4.62. The van der Waals surface area contributed by atoms with Gasteiger partial charge in [0.05, 0.1) is 5.52 Å². The third kappa shape index (κ3) is 1.74. The predicted octanol–water partition coefficient (Wildman–Crippen LogP) is 3.98. The molecule has 1 aromatic carbocycles. The number of nitrogens with zero attached hydrogens (tertiary/aromatic N) is 1. The Hall–Kier alpha value is -1.37. The average molecular weight is 199 g/mol. The number of aryl methyl sites for hydroxylation is 2. The van der Waals surface area contributed by atoms with E-state index in [1.165, 1.54) is 16.5 Å². The minimum atomic E-state index is 0.553. The molecule has 0 unspecified atom stereocenters. The van der Waals surface area contributed by atoms with Gasteiger partial charge in [-0.2, -0.15) is 0 Å². The molecule has 0 fully saturated rings. The predicted molar refractivity (Wildman–Crippen MR) is 65.3 cm³/mol. The fraction of sp³-hybridized carbons (Fsp3) is 0.357. The minimum absolute atomic E-state index is 0.553. The lowest BCUT2D eigenvalue weighted by Gasteiger charge is -2.11. The summed E-state index contributed by atoms with van der Waals surface area (Å²) in [4.78, 5) is 4.62. The monoisotopic (exact) mass is 199 g/mol. The van der Waals surface area contributed by atoms with Crippen LogP contribution in [0, 0.1) is 13.8 Å². The van der Waals surface area contributed by atoms with Crippen molar-refractivity contribution >= 4 is 10.9 Å². The first-order valence-corrected chi connectivity index (χ1v) is 5.46. The molecular formula is C14H17N. The minimum Gasteiger partial charge on any atom is -0.253 e. The Labute approximate surface area is 91.2 Å². The number of pyridine rings is 1. The van der Waals surface area contributed by atoms with E-state index in [0.717, 1.165) is 11.2 Å². The highest BCUT2D eigenvalue weighted by atomic mass is 14.7. The summed E-state index contributed by atoms with van der Waals surface area (Å²) in [5, 5.41) is 1.30. The Balaban J connectivity index is 2.80. The lowest BCUT2D eigenvalue weighted by molar-refractivity contribution is 0.875. The fourth-order valence-electron chi connectivity index (χ4n) is 1.92. The smallest absolute Gasteiger partial charge is 0.0708 e. The van der Waals surface area contributed by atoms with Crippen molar-refractivity contribution in [3.05, 3.63) is 41.1 Å². The molecule has 0 N–H and O–H groups in total. The third-order valence-corrected chi connectivity index (χ3v) is 2.96. The number of aromatic nitrogens is 1. The van der Waals surface area contributed by atoms with Crippen LogP contribution in [0.3, 0.4) is 0 Å². The van der Waals surface area contributed by atoms with Gasteiger partial charge in [-0.25, -0.2) is 0 Å². The molecule has 2 rings (SSSR count). The van der Waals surface area contributed by atoms with E-state index in [1.54, 1.807) is 0 Å². The Morgan fingerprint density at radius 1 is 1.13 bits per heavy atom. The zero-order valence-electron chi connectivity index (χ0n) is 9.83. The summed E-state index contributed by atoms with van der Waals surface area (Å²) in [6.07, 6.45) is 0. The third-order valence-electron chi connectivity index (χ3n) is 2.96. The first-order valence-electron chi connectivity index (χ1n) is 5.46. The van der Waals surface area contributed by atoms with Gasteiger partial charge in [-0.05, 0) is 43.0 Å². The van der Waals surface area contributed by atoms with E-state index in [2.05, 4.69) is 56.9 Å². The molecule has 1 heteroatoms. The molecule has 2 aromatic rings. The molecule has 1 nitrogen and oxygen atoms in total. The summed E-state index contributed by atoms with van der Waals surface area (Å²) in [5.41, 5.74) is 4.91. The van der Waals surface area contributed by atoms with Crippen LogP contribution >= 0.6 is 0 Å². The zero-order valence-corrected chi connectivity index (χ0v) is 9.83. The van der Waals surface area contributed by atoms with Crippen LogP contribution in [0.15, 0.2) is 24.3 Å². The highest BCUT2D eigenvalue weighted by molar-refractivity contribution is 5.83. The van der Waals surface area contributed by atoms with E-state index in [1.807, 2.05) is 0 Å². The van der Waals surface area contributed by atoms with E-state index in [9.17, 15) is 0 Å². The van der Waals surface area contributed by atoms with E-state index in [0.29, 0.717) is 5.92 Å². The molecule has 78 valence electrons. The normalized spacial score (nSPS) is 11.3. The number of fused-ring (bicyclic) bond motifs is 1. The number of hydrogen-bond acceptors (Lipinski definition) is 1. The SMILES string of the molecule is Cc1cc2c(C(C)C)cccc2nc1C. The van der Waals surface area contributed by atoms with Crippen LogP contribution in [0.25, 0.3) is 10.9 Å². The summed E-state index contributed by atoms with van der Waals surface area (Å²) in [6.45, 7) is 8.64. The molecule has 1 heterocycles. The summed E-state index contributed by atoms with van der Waals surface area (Å²) < 4.78 is 0. The maximum atomic E-state index is 4.62. The van der Waals surface area contributed by atoms with Gasteiger partial charge in [-0.1, -0.05) is 26.0 Å². The topological polar surface area (TPSA) is 12.9 Å². The quantitative estimate of drug-likeness (QED) is 0.677. The first-order chi connectivity index (χ1) is 7.09. The molecule has 0 bridgehead atoms. The zero-order chi connectivity index (χ0) is 11.0. The summed E-state index contributed by atoms with van der Waals surface area (Å²) in [5.74, 6) is 0.553.